The lowest BCUT2D eigenvalue weighted by molar-refractivity contribution is -0.469. The maximum atomic E-state index is 12.4. The van der Waals surface area contributed by atoms with Gasteiger partial charge in [-0.05, 0) is 36.6 Å². The summed E-state index contributed by atoms with van der Waals surface area (Å²) < 4.78 is 5.46. The molecule has 3 nitrogen and oxygen atoms in total. The van der Waals surface area contributed by atoms with Crippen LogP contribution in [0.4, 0.5) is 0 Å². The highest BCUT2D eigenvalue weighted by atomic mass is 32.2. The van der Waals surface area contributed by atoms with E-state index >= 15 is 0 Å². The zero-order valence-electron chi connectivity index (χ0n) is 11.7. The summed E-state index contributed by atoms with van der Waals surface area (Å²) in [4.78, 5) is 17.9. The molecular formula is C16H16NO2S2+. The van der Waals surface area contributed by atoms with Crippen LogP contribution >= 0.6 is 23.1 Å². The molecule has 0 bridgehead atoms. The molecule has 0 fully saturated rings. The Morgan fingerprint density at radius 3 is 3.05 bits per heavy atom. The van der Waals surface area contributed by atoms with E-state index in [2.05, 4.69) is 16.4 Å². The number of Topliss-reactive ketones (excluding diaryl/α,β-unsaturated/α-hetero) is 1. The number of carbonyl (C=O) groups excluding carboxylic acids is 1. The number of hydrogen-bond donors (Lipinski definition) is 1. The van der Waals surface area contributed by atoms with Crippen molar-refractivity contribution in [2.45, 2.75) is 23.6 Å². The Balaban J connectivity index is 1.70. The average molecular weight is 318 g/mol. The molecule has 1 atom stereocenters. The fourth-order valence-electron chi connectivity index (χ4n) is 2.19. The first-order valence-electron chi connectivity index (χ1n) is 6.84. The maximum absolute atomic E-state index is 12.4. The summed E-state index contributed by atoms with van der Waals surface area (Å²) in [6.07, 6.45) is 1.90. The number of fused-ring (bicyclic) bond motifs is 1. The molecule has 1 aromatic carbocycles. The Kier molecular flexibility index (Phi) is 4.41. The van der Waals surface area contributed by atoms with Crippen molar-refractivity contribution in [3.63, 3.8) is 0 Å². The molecule has 0 saturated heterocycles. The third-order valence-electron chi connectivity index (χ3n) is 3.17. The SMILES string of the molecule is CCOc1ccc2c(c1)C(=O)[C@H](C=[NH+]Cc1cccs1)S2. The largest absolute Gasteiger partial charge is 0.494 e. The Morgan fingerprint density at radius 1 is 1.38 bits per heavy atom. The van der Waals surface area contributed by atoms with Crippen molar-refractivity contribution >= 4 is 35.1 Å². The van der Waals surface area contributed by atoms with Crippen LogP contribution in [0.1, 0.15) is 22.2 Å². The van der Waals surface area contributed by atoms with E-state index in [-0.39, 0.29) is 11.0 Å². The van der Waals surface area contributed by atoms with Crippen LogP contribution in [0.15, 0.2) is 40.6 Å². The Labute approximate surface area is 132 Å². The van der Waals surface area contributed by atoms with Gasteiger partial charge in [-0.2, -0.15) is 0 Å². The number of rotatable bonds is 5. The number of benzene rings is 1. The van der Waals surface area contributed by atoms with Gasteiger partial charge in [-0.3, -0.25) is 4.79 Å². The Morgan fingerprint density at radius 2 is 2.29 bits per heavy atom. The molecule has 2 heterocycles. The van der Waals surface area contributed by atoms with Gasteiger partial charge >= 0.3 is 0 Å². The molecule has 21 heavy (non-hydrogen) atoms. The zero-order valence-corrected chi connectivity index (χ0v) is 13.3. The molecule has 3 rings (SSSR count). The molecule has 0 aliphatic carbocycles. The molecular weight excluding hydrogens is 302 g/mol. The first-order valence-corrected chi connectivity index (χ1v) is 8.60. The smallest absolute Gasteiger partial charge is 0.187 e. The van der Waals surface area contributed by atoms with E-state index in [1.807, 2.05) is 37.4 Å². The highest BCUT2D eigenvalue weighted by Crippen LogP contribution is 2.37. The van der Waals surface area contributed by atoms with Gasteiger partial charge in [-0.25, -0.2) is 4.99 Å². The first kappa shape index (κ1) is 14.4. The summed E-state index contributed by atoms with van der Waals surface area (Å²) in [6, 6.07) is 9.85. The molecule has 5 heteroatoms. The molecule has 1 N–H and O–H groups in total. The minimum atomic E-state index is -0.156. The van der Waals surface area contributed by atoms with Gasteiger partial charge < -0.3 is 4.74 Å². The summed E-state index contributed by atoms with van der Waals surface area (Å²) in [5, 5.41) is 1.90. The predicted molar refractivity (Wildman–Crippen MR) is 86.6 cm³/mol. The second-order valence-electron chi connectivity index (χ2n) is 4.62. The van der Waals surface area contributed by atoms with Crippen LogP contribution in [-0.2, 0) is 6.54 Å². The van der Waals surface area contributed by atoms with Gasteiger partial charge in [0.25, 0.3) is 0 Å². The molecule has 0 saturated carbocycles. The second kappa shape index (κ2) is 6.45. The van der Waals surface area contributed by atoms with Gasteiger partial charge in [0.15, 0.2) is 18.5 Å². The lowest BCUT2D eigenvalue weighted by atomic mass is 10.1. The van der Waals surface area contributed by atoms with Crippen LogP contribution < -0.4 is 9.73 Å². The monoisotopic (exact) mass is 318 g/mol. The highest BCUT2D eigenvalue weighted by molar-refractivity contribution is 8.02. The van der Waals surface area contributed by atoms with Crippen molar-refractivity contribution < 1.29 is 14.5 Å². The quantitative estimate of drug-likeness (QED) is 0.859. The van der Waals surface area contributed by atoms with Crippen molar-refractivity contribution in [2.24, 2.45) is 0 Å². The van der Waals surface area contributed by atoms with Gasteiger partial charge in [0.2, 0.25) is 0 Å². The fourth-order valence-corrected chi connectivity index (χ4v) is 3.95. The summed E-state index contributed by atoms with van der Waals surface area (Å²) in [6.45, 7) is 3.31. The van der Waals surface area contributed by atoms with Crippen LogP contribution in [-0.4, -0.2) is 23.9 Å². The lowest BCUT2D eigenvalue weighted by Crippen LogP contribution is -2.68. The maximum Gasteiger partial charge on any atom is 0.187 e. The van der Waals surface area contributed by atoms with Crippen LogP contribution in [0.3, 0.4) is 0 Å². The van der Waals surface area contributed by atoms with E-state index < -0.39 is 0 Å². The number of nitrogens with one attached hydrogen (secondary N) is 1. The molecule has 108 valence electrons. The number of ketones is 1. The van der Waals surface area contributed by atoms with Crippen LogP contribution in [0, 0.1) is 0 Å². The van der Waals surface area contributed by atoms with Crippen molar-refractivity contribution in [1.82, 2.24) is 0 Å². The van der Waals surface area contributed by atoms with Gasteiger partial charge in [-0.15, -0.1) is 23.1 Å². The molecule has 0 spiro atoms. The number of thioether (sulfide) groups is 1. The standard InChI is InChI=1S/C16H15NO2S2/c1-2-19-11-5-6-14-13(8-11)16(18)15(21-14)10-17-9-12-4-3-7-20-12/h3-8,10,15H,2,9H2,1H3/p+1/t15-/m0/s1. The van der Waals surface area contributed by atoms with Gasteiger partial charge in [0, 0.05) is 10.5 Å². The summed E-state index contributed by atoms with van der Waals surface area (Å²) in [5.41, 5.74) is 0.769. The number of carbonyl (C=O) groups is 1. The lowest BCUT2D eigenvalue weighted by Gasteiger charge is -2.03. The van der Waals surface area contributed by atoms with E-state index in [9.17, 15) is 4.79 Å². The fraction of sp³-hybridized carbons (Fsp3) is 0.250. The minimum absolute atomic E-state index is 0.148. The van der Waals surface area contributed by atoms with Gasteiger partial charge in [0.05, 0.1) is 11.5 Å². The first-order chi connectivity index (χ1) is 10.3. The summed E-state index contributed by atoms with van der Waals surface area (Å²) in [7, 11) is 0. The second-order valence-corrected chi connectivity index (χ2v) is 6.84. The van der Waals surface area contributed by atoms with E-state index in [1.54, 1.807) is 23.1 Å². The Hall–Kier alpha value is -1.59. The molecule has 2 aromatic rings. The third-order valence-corrected chi connectivity index (χ3v) is 5.26. The van der Waals surface area contributed by atoms with Crippen LogP contribution in [0.25, 0.3) is 0 Å². The molecule has 1 aliphatic heterocycles. The summed E-state index contributed by atoms with van der Waals surface area (Å²) >= 11 is 3.30. The molecule has 1 aromatic heterocycles. The third kappa shape index (κ3) is 3.19. The zero-order chi connectivity index (χ0) is 14.7. The van der Waals surface area contributed by atoms with E-state index in [1.165, 1.54) is 4.88 Å². The van der Waals surface area contributed by atoms with Gasteiger partial charge in [-0.1, -0.05) is 6.07 Å². The topological polar surface area (TPSA) is 40.3 Å². The molecule has 0 unspecified atom stereocenters. The van der Waals surface area contributed by atoms with E-state index in [0.29, 0.717) is 6.61 Å². The Bertz CT molecular complexity index is 665. The normalized spacial score (nSPS) is 17.4. The molecule has 0 amide bonds. The summed E-state index contributed by atoms with van der Waals surface area (Å²) in [5.74, 6) is 0.910. The van der Waals surface area contributed by atoms with E-state index in [0.717, 1.165) is 22.8 Å². The van der Waals surface area contributed by atoms with Gasteiger partial charge in [0.1, 0.15) is 11.0 Å². The van der Waals surface area contributed by atoms with Crippen molar-refractivity contribution in [1.29, 1.82) is 0 Å². The molecule has 0 radical (unpaired) electrons. The number of hydrogen-bond acceptors (Lipinski definition) is 4. The average Bonchev–Trinajstić information content (AvgIpc) is 3.10. The van der Waals surface area contributed by atoms with Crippen LogP contribution in [0.2, 0.25) is 0 Å². The minimum Gasteiger partial charge on any atom is -0.494 e. The van der Waals surface area contributed by atoms with Crippen molar-refractivity contribution in [2.75, 3.05) is 6.61 Å². The number of thiophene rings is 1. The predicted octanol–water partition coefficient (Wildman–Crippen LogP) is 2.16. The highest BCUT2D eigenvalue weighted by Gasteiger charge is 2.32. The van der Waals surface area contributed by atoms with Crippen LogP contribution in [0.5, 0.6) is 5.75 Å². The van der Waals surface area contributed by atoms with Crippen molar-refractivity contribution in [3.8, 4) is 5.75 Å². The molecule has 1 aliphatic rings. The number of ether oxygens (including phenoxy) is 1. The van der Waals surface area contributed by atoms with E-state index in [4.69, 9.17) is 4.74 Å². The van der Waals surface area contributed by atoms with Crippen molar-refractivity contribution in [3.05, 3.63) is 46.2 Å².